The van der Waals surface area contributed by atoms with Crippen LogP contribution in [0.2, 0.25) is 0 Å². The second-order valence-electron chi connectivity index (χ2n) is 3.70. The summed E-state index contributed by atoms with van der Waals surface area (Å²) < 4.78 is 0. The van der Waals surface area contributed by atoms with Gasteiger partial charge in [-0.3, -0.25) is 4.79 Å². The van der Waals surface area contributed by atoms with Crippen LogP contribution in [0.4, 0.5) is 0 Å². The van der Waals surface area contributed by atoms with Crippen molar-refractivity contribution in [3.8, 4) is 0 Å². The second-order valence-corrected chi connectivity index (χ2v) is 4.70. The summed E-state index contributed by atoms with van der Waals surface area (Å²) in [6.45, 7) is 7.38. The van der Waals surface area contributed by atoms with Gasteiger partial charge < -0.3 is 10.2 Å². The SMILES string of the molecule is C=CCNCC(=O)N(C)Cc1sccc1C. The van der Waals surface area contributed by atoms with E-state index in [0.717, 1.165) is 0 Å². The monoisotopic (exact) mass is 238 g/mol. The molecule has 1 heterocycles. The van der Waals surface area contributed by atoms with Crippen molar-refractivity contribution in [1.29, 1.82) is 0 Å². The molecule has 1 aromatic heterocycles. The quantitative estimate of drug-likeness (QED) is 0.605. The number of carbonyl (C=O) groups excluding carboxylic acids is 1. The summed E-state index contributed by atoms with van der Waals surface area (Å²) in [5.74, 6) is 0.106. The maximum atomic E-state index is 11.7. The van der Waals surface area contributed by atoms with Gasteiger partial charge in [0.05, 0.1) is 13.1 Å². The molecule has 0 spiro atoms. The van der Waals surface area contributed by atoms with Crippen molar-refractivity contribution in [1.82, 2.24) is 10.2 Å². The van der Waals surface area contributed by atoms with E-state index in [-0.39, 0.29) is 5.91 Å². The van der Waals surface area contributed by atoms with Crippen LogP contribution in [0, 0.1) is 6.92 Å². The molecule has 0 aliphatic carbocycles. The van der Waals surface area contributed by atoms with Gasteiger partial charge in [0.2, 0.25) is 5.91 Å². The van der Waals surface area contributed by atoms with Crippen molar-refractivity contribution in [2.75, 3.05) is 20.1 Å². The number of hydrogen-bond acceptors (Lipinski definition) is 3. The van der Waals surface area contributed by atoms with Crippen LogP contribution in [-0.4, -0.2) is 30.9 Å². The van der Waals surface area contributed by atoms with Gasteiger partial charge in [-0.1, -0.05) is 6.08 Å². The molecule has 0 radical (unpaired) electrons. The smallest absolute Gasteiger partial charge is 0.236 e. The molecular formula is C12H18N2OS. The van der Waals surface area contributed by atoms with Crippen LogP contribution in [0.3, 0.4) is 0 Å². The minimum Gasteiger partial charge on any atom is -0.340 e. The lowest BCUT2D eigenvalue weighted by molar-refractivity contribution is -0.129. The Kier molecular flexibility index (Phi) is 5.22. The topological polar surface area (TPSA) is 32.3 Å². The number of rotatable bonds is 6. The number of nitrogens with zero attached hydrogens (tertiary/aromatic N) is 1. The molecule has 0 fully saturated rings. The van der Waals surface area contributed by atoms with Crippen LogP contribution >= 0.6 is 11.3 Å². The van der Waals surface area contributed by atoms with Crippen molar-refractivity contribution in [2.24, 2.45) is 0 Å². The van der Waals surface area contributed by atoms with Crippen LogP contribution in [0.5, 0.6) is 0 Å². The van der Waals surface area contributed by atoms with Crippen LogP contribution in [0.1, 0.15) is 10.4 Å². The van der Waals surface area contributed by atoms with Gasteiger partial charge in [0.1, 0.15) is 0 Å². The number of likely N-dealkylation sites (N-methyl/N-ethyl adjacent to an activating group) is 1. The van der Waals surface area contributed by atoms with E-state index in [0.29, 0.717) is 19.6 Å². The van der Waals surface area contributed by atoms with E-state index in [1.165, 1.54) is 10.4 Å². The molecule has 88 valence electrons. The Morgan fingerprint density at radius 2 is 2.44 bits per heavy atom. The second kappa shape index (κ2) is 6.45. The van der Waals surface area contributed by atoms with E-state index in [2.05, 4.69) is 30.3 Å². The zero-order valence-electron chi connectivity index (χ0n) is 9.82. The highest BCUT2D eigenvalue weighted by Gasteiger charge is 2.10. The average molecular weight is 238 g/mol. The van der Waals surface area contributed by atoms with Gasteiger partial charge in [0.15, 0.2) is 0 Å². The molecule has 0 bridgehead atoms. The number of aryl methyl sites for hydroxylation is 1. The zero-order valence-corrected chi connectivity index (χ0v) is 10.6. The number of carbonyl (C=O) groups is 1. The molecule has 0 aliphatic heterocycles. The predicted molar refractivity (Wildman–Crippen MR) is 68.6 cm³/mol. The fourth-order valence-electron chi connectivity index (χ4n) is 1.29. The third kappa shape index (κ3) is 3.79. The van der Waals surface area contributed by atoms with E-state index >= 15 is 0 Å². The number of thiophene rings is 1. The predicted octanol–water partition coefficient (Wildman–Crippen LogP) is 1.79. The van der Waals surface area contributed by atoms with Gasteiger partial charge in [-0.15, -0.1) is 17.9 Å². The van der Waals surface area contributed by atoms with E-state index in [1.807, 2.05) is 7.05 Å². The van der Waals surface area contributed by atoms with Crippen LogP contribution in [0.25, 0.3) is 0 Å². The Morgan fingerprint density at radius 1 is 1.69 bits per heavy atom. The number of hydrogen-bond donors (Lipinski definition) is 1. The molecule has 0 unspecified atom stereocenters. The highest BCUT2D eigenvalue weighted by atomic mass is 32.1. The van der Waals surface area contributed by atoms with Gasteiger partial charge in [0.25, 0.3) is 0 Å². The summed E-state index contributed by atoms with van der Waals surface area (Å²) in [6, 6.07) is 2.08. The lowest BCUT2D eigenvalue weighted by Gasteiger charge is -2.16. The van der Waals surface area contributed by atoms with Gasteiger partial charge >= 0.3 is 0 Å². The molecule has 4 heteroatoms. The normalized spacial score (nSPS) is 10.1. The molecule has 0 aliphatic rings. The van der Waals surface area contributed by atoms with E-state index in [9.17, 15) is 4.79 Å². The Balaban J connectivity index is 2.40. The zero-order chi connectivity index (χ0) is 12.0. The molecule has 0 saturated carbocycles. The number of amides is 1. The third-order valence-electron chi connectivity index (χ3n) is 2.34. The van der Waals surface area contributed by atoms with Crippen LogP contribution in [-0.2, 0) is 11.3 Å². The fourth-order valence-corrected chi connectivity index (χ4v) is 2.24. The lowest BCUT2D eigenvalue weighted by atomic mass is 10.3. The highest BCUT2D eigenvalue weighted by Crippen LogP contribution is 2.16. The van der Waals surface area contributed by atoms with Crippen LogP contribution in [0.15, 0.2) is 24.1 Å². The average Bonchev–Trinajstić information content (AvgIpc) is 2.64. The van der Waals surface area contributed by atoms with Gasteiger partial charge in [0, 0.05) is 18.5 Å². The maximum absolute atomic E-state index is 11.7. The van der Waals surface area contributed by atoms with Crippen LogP contribution < -0.4 is 5.32 Å². The summed E-state index contributed by atoms with van der Waals surface area (Å²) in [4.78, 5) is 14.7. The Bertz CT molecular complexity index is 360. The molecule has 1 amide bonds. The summed E-state index contributed by atoms with van der Waals surface area (Å²) in [5, 5.41) is 5.06. The first kappa shape index (κ1) is 12.9. The van der Waals surface area contributed by atoms with E-state index in [4.69, 9.17) is 0 Å². The summed E-state index contributed by atoms with van der Waals surface area (Å²) in [6.07, 6.45) is 1.75. The first-order chi connectivity index (χ1) is 7.65. The van der Waals surface area contributed by atoms with E-state index < -0.39 is 0 Å². The first-order valence-electron chi connectivity index (χ1n) is 5.23. The lowest BCUT2D eigenvalue weighted by Crippen LogP contribution is -2.35. The van der Waals surface area contributed by atoms with Crippen molar-refractivity contribution in [3.63, 3.8) is 0 Å². The van der Waals surface area contributed by atoms with Crippen molar-refractivity contribution in [3.05, 3.63) is 34.5 Å². The maximum Gasteiger partial charge on any atom is 0.236 e. The van der Waals surface area contributed by atoms with Gasteiger partial charge in [-0.25, -0.2) is 0 Å². The standard InChI is InChI=1S/C12H18N2OS/c1-4-6-13-8-12(15)14(3)9-11-10(2)5-7-16-11/h4-5,7,13H,1,6,8-9H2,2-3H3. The third-order valence-corrected chi connectivity index (χ3v) is 3.35. The Hall–Kier alpha value is -1.13. The molecule has 1 N–H and O–H groups in total. The van der Waals surface area contributed by atoms with E-state index in [1.54, 1.807) is 22.3 Å². The summed E-state index contributed by atoms with van der Waals surface area (Å²) in [7, 11) is 1.83. The summed E-state index contributed by atoms with van der Waals surface area (Å²) in [5.41, 5.74) is 1.25. The van der Waals surface area contributed by atoms with Crippen molar-refractivity contribution >= 4 is 17.2 Å². The molecule has 0 atom stereocenters. The number of nitrogens with one attached hydrogen (secondary N) is 1. The molecular weight excluding hydrogens is 220 g/mol. The highest BCUT2D eigenvalue weighted by molar-refractivity contribution is 7.10. The van der Waals surface area contributed by atoms with Crippen molar-refractivity contribution < 1.29 is 4.79 Å². The summed E-state index contributed by atoms with van der Waals surface area (Å²) >= 11 is 1.69. The molecule has 1 aromatic rings. The molecule has 1 rings (SSSR count). The van der Waals surface area contributed by atoms with Gasteiger partial charge in [-0.05, 0) is 23.9 Å². The Labute approximate surface area is 101 Å². The van der Waals surface area contributed by atoms with Gasteiger partial charge in [-0.2, -0.15) is 0 Å². The molecule has 0 saturated heterocycles. The minimum absolute atomic E-state index is 0.106. The largest absolute Gasteiger partial charge is 0.340 e. The first-order valence-corrected chi connectivity index (χ1v) is 6.11. The minimum atomic E-state index is 0.106. The Morgan fingerprint density at radius 3 is 3.00 bits per heavy atom. The van der Waals surface area contributed by atoms with Crippen molar-refractivity contribution in [2.45, 2.75) is 13.5 Å². The molecule has 16 heavy (non-hydrogen) atoms. The molecule has 3 nitrogen and oxygen atoms in total. The molecule has 0 aromatic carbocycles. The fraction of sp³-hybridized carbons (Fsp3) is 0.417.